The zero-order valence-corrected chi connectivity index (χ0v) is 12.3. The molecule has 0 fully saturated rings. The maximum atomic E-state index is 4.28. The third-order valence-electron chi connectivity index (χ3n) is 4.08. The highest BCUT2D eigenvalue weighted by molar-refractivity contribution is 5.45. The Hall–Kier alpha value is -1.70. The monoisotopic (exact) mass is 256 g/mol. The fourth-order valence-electron chi connectivity index (χ4n) is 2.91. The molecule has 2 aliphatic rings. The standard InChI is InChI=1S/C17H24N2/c1-6-15-11-19(14(5)17(15)7-2)13(4)16-8-12(3)9-18-10-16/h6,8-9,13,18H,1,5,7,10-11H2,2-4H3. The lowest BCUT2D eigenvalue weighted by molar-refractivity contribution is 0.341. The minimum Gasteiger partial charge on any atom is -0.387 e. The second-order valence-corrected chi connectivity index (χ2v) is 5.30. The molecule has 1 unspecified atom stereocenters. The van der Waals surface area contributed by atoms with Crippen LogP contribution >= 0.6 is 0 Å². The minimum atomic E-state index is 0.377. The summed E-state index contributed by atoms with van der Waals surface area (Å²) >= 11 is 0. The molecule has 2 heteroatoms. The zero-order valence-electron chi connectivity index (χ0n) is 12.3. The van der Waals surface area contributed by atoms with Gasteiger partial charge in [-0.15, -0.1) is 0 Å². The predicted octanol–water partition coefficient (Wildman–Crippen LogP) is 3.53. The maximum Gasteiger partial charge on any atom is 0.0498 e. The van der Waals surface area contributed by atoms with Crippen LogP contribution in [0.25, 0.3) is 0 Å². The van der Waals surface area contributed by atoms with E-state index < -0.39 is 0 Å². The van der Waals surface area contributed by atoms with Gasteiger partial charge in [-0.25, -0.2) is 0 Å². The Morgan fingerprint density at radius 3 is 2.79 bits per heavy atom. The fourth-order valence-corrected chi connectivity index (χ4v) is 2.91. The lowest BCUT2D eigenvalue weighted by atomic mass is 10.0. The second kappa shape index (κ2) is 5.52. The third kappa shape index (κ3) is 2.53. The van der Waals surface area contributed by atoms with Crippen molar-refractivity contribution in [2.24, 2.45) is 0 Å². The summed E-state index contributed by atoms with van der Waals surface area (Å²) < 4.78 is 0. The number of rotatable bonds is 4. The van der Waals surface area contributed by atoms with E-state index in [-0.39, 0.29) is 0 Å². The van der Waals surface area contributed by atoms with E-state index in [4.69, 9.17) is 0 Å². The zero-order chi connectivity index (χ0) is 14.0. The Balaban J connectivity index is 2.19. The molecular formula is C17H24N2. The topological polar surface area (TPSA) is 15.3 Å². The predicted molar refractivity (Wildman–Crippen MR) is 82.7 cm³/mol. The highest BCUT2D eigenvalue weighted by Gasteiger charge is 2.28. The molecule has 2 heterocycles. The molecule has 102 valence electrons. The van der Waals surface area contributed by atoms with Gasteiger partial charge in [-0.3, -0.25) is 0 Å². The molecule has 0 aromatic heterocycles. The van der Waals surface area contributed by atoms with Crippen LogP contribution in [0.1, 0.15) is 27.2 Å². The molecule has 0 saturated heterocycles. The summed E-state index contributed by atoms with van der Waals surface area (Å²) in [4.78, 5) is 2.39. The molecule has 0 saturated carbocycles. The highest BCUT2D eigenvalue weighted by Crippen LogP contribution is 2.33. The van der Waals surface area contributed by atoms with Crippen LogP contribution in [0, 0.1) is 0 Å². The van der Waals surface area contributed by atoms with Gasteiger partial charge in [0.2, 0.25) is 0 Å². The molecule has 0 spiro atoms. The highest BCUT2D eigenvalue weighted by atomic mass is 15.2. The Bertz CT molecular complexity index is 491. The van der Waals surface area contributed by atoms with Crippen molar-refractivity contribution in [3.8, 4) is 0 Å². The Morgan fingerprint density at radius 2 is 2.26 bits per heavy atom. The summed E-state index contributed by atoms with van der Waals surface area (Å²) in [5.41, 5.74) is 6.56. The van der Waals surface area contributed by atoms with Crippen LogP contribution in [0.5, 0.6) is 0 Å². The Labute approximate surface area is 116 Å². The first-order valence-electron chi connectivity index (χ1n) is 6.99. The lowest BCUT2D eigenvalue weighted by Gasteiger charge is -2.32. The largest absolute Gasteiger partial charge is 0.387 e. The molecule has 0 radical (unpaired) electrons. The first-order valence-corrected chi connectivity index (χ1v) is 6.99. The fraction of sp³-hybridized carbons (Fsp3) is 0.412. The molecule has 0 aromatic carbocycles. The van der Waals surface area contributed by atoms with E-state index in [0.717, 1.165) is 25.2 Å². The molecule has 0 aliphatic carbocycles. The summed E-state index contributed by atoms with van der Waals surface area (Å²) in [6, 6.07) is 0.377. The van der Waals surface area contributed by atoms with E-state index in [0.29, 0.717) is 6.04 Å². The molecule has 2 rings (SSSR count). The van der Waals surface area contributed by atoms with E-state index in [2.05, 4.69) is 56.4 Å². The number of hydrogen-bond donors (Lipinski definition) is 1. The second-order valence-electron chi connectivity index (χ2n) is 5.30. The van der Waals surface area contributed by atoms with Gasteiger partial charge in [-0.1, -0.05) is 32.2 Å². The van der Waals surface area contributed by atoms with E-state index in [1.807, 2.05) is 6.08 Å². The molecule has 19 heavy (non-hydrogen) atoms. The molecule has 2 aliphatic heterocycles. The molecule has 1 atom stereocenters. The van der Waals surface area contributed by atoms with Crippen LogP contribution in [-0.2, 0) is 0 Å². The van der Waals surface area contributed by atoms with Gasteiger partial charge in [0.25, 0.3) is 0 Å². The van der Waals surface area contributed by atoms with Gasteiger partial charge < -0.3 is 10.2 Å². The smallest absolute Gasteiger partial charge is 0.0498 e. The van der Waals surface area contributed by atoms with Crippen LogP contribution in [0.3, 0.4) is 0 Å². The first kappa shape index (κ1) is 13.7. The quantitative estimate of drug-likeness (QED) is 0.828. The first-order chi connectivity index (χ1) is 9.08. The van der Waals surface area contributed by atoms with E-state index >= 15 is 0 Å². The van der Waals surface area contributed by atoms with E-state index in [1.54, 1.807) is 0 Å². The number of nitrogens with zero attached hydrogens (tertiary/aromatic N) is 1. The van der Waals surface area contributed by atoms with E-state index in [1.165, 1.54) is 22.3 Å². The lowest BCUT2D eigenvalue weighted by Crippen LogP contribution is -2.35. The van der Waals surface area contributed by atoms with Gasteiger partial charge in [-0.05, 0) is 48.8 Å². The average Bonchev–Trinajstić information content (AvgIpc) is 2.74. The number of dihydropyridines is 1. The van der Waals surface area contributed by atoms with E-state index in [9.17, 15) is 0 Å². The molecular weight excluding hydrogens is 232 g/mol. The summed E-state index contributed by atoms with van der Waals surface area (Å²) in [6.07, 6.45) is 7.36. The van der Waals surface area contributed by atoms with Crippen LogP contribution < -0.4 is 5.32 Å². The average molecular weight is 256 g/mol. The SMILES string of the molecule is C=CC1=C(CC)C(=C)N(C(C)C2=CC(C)=CNC2)C1. The van der Waals surface area contributed by atoms with Crippen molar-refractivity contribution in [1.82, 2.24) is 10.2 Å². The van der Waals surface area contributed by atoms with Crippen molar-refractivity contribution < 1.29 is 0 Å². The van der Waals surface area contributed by atoms with Crippen molar-refractivity contribution in [3.63, 3.8) is 0 Å². The number of allylic oxidation sites excluding steroid dienone is 3. The van der Waals surface area contributed by atoms with Crippen LogP contribution in [0.2, 0.25) is 0 Å². The molecule has 0 bridgehead atoms. The van der Waals surface area contributed by atoms with Crippen LogP contribution in [0.4, 0.5) is 0 Å². The Kier molecular flexibility index (Phi) is 3.98. The summed E-state index contributed by atoms with van der Waals surface area (Å²) in [6.45, 7) is 16.6. The van der Waals surface area contributed by atoms with Gasteiger partial charge >= 0.3 is 0 Å². The van der Waals surface area contributed by atoms with Gasteiger partial charge in [0.1, 0.15) is 0 Å². The van der Waals surface area contributed by atoms with Gasteiger partial charge in [0.15, 0.2) is 0 Å². The molecule has 1 N–H and O–H groups in total. The summed E-state index contributed by atoms with van der Waals surface area (Å²) in [5.74, 6) is 0. The third-order valence-corrected chi connectivity index (χ3v) is 4.08. The summed E-state index contributed by atoms with van der Waals surface area (Å²) in [5, 5.41) is 3.33. The van der Waals surface area contributed by atoms with Gasteiger partial charge in [0.05, 0.1) is 0 Å². The molecule has 0 amide bonds. The normalized spacial score (nSPS) is 21.0. The summed E-state index contributed by atoms with van der Waals surface area (Å²) in [7, 11) is 0. The van der Waals surface area contributed by atoms with Crippen LogP contribution in [0.15, 0.2) is 59.5 Å². The van der Waals surface area contributed by atoms with Crippen molar-refractivity contribution in [3.05, 3.63) is 59.5 Å². The van der Waals surface area contributed by atoms with Crippen molar-refractivity contribution in [2.75, 3.05) is 13.1 Å². The minimum absolute atomic E-state index is 0.377. The number of nitrogens with one attached hydrogen (secondary N) is 1. The molecule has 2 nitrogen and oxygen atoms in total. The van der Waals surface area contributed by atoms with Crippen molar-refractivity contribution in [1.29, 1.82) is 0 Å². The van der Waals surface area contributed by atoms with Crippen molar-refractivity contribution in [2.45, 2.75) is 33.2 Å². The van der Waals surface area contributed by atoms with Crippen LogP contribution in [-0.4, -0.2) is 24.0 Å². The molecule has 0 aromatic rings. The maximum absolute atomic E-state index is 4.28. The van der Waals surface area contributed by atoms with Gasteiger partial charge in [0, 0.05) is 24.8 Å². The Morgan fingerprint density at radius 1 is 1.53 bits per heavy atom. The number of hydrogen-bond acceptors (Lipinski definition) is 2. The van der Waals surface area contributed by atoms with Crippen molar-refractivity contribution >= 4 is 0 Å². The van der Waals surface area contributed by atoms with Gasteiger partial charge in [-0.2, -0.15) is 0 Å².